The summed E-state index contributed by atoms with van der Waals surface area (Å²) in [6, 6.07) is 5.19. The van der Waals surface area contributed by atoms with Crippen molar-refractivity contribution in [2.45, 2.75) is 13.0 Å². The summed E-state index contributed by atoms with van der Waals surface area (Å²) < 4.78 is 14.2. The highest BCUT2D eigenvalue weighted by Gasteiger charge is 2.11. The molecular formula is C9H11FIN. The Hall–Kier alpha value is -0.160. The zero-order chi connectivity index (χ0) is 9.14. The van der Waals surface area contributed by atoms with Crippen LogP contribution < -0.4 is 5.32 Å². The Morgan fingerprint density at radius 2 is 2.17 bits per heavy atom. The van der Waals surface area contributed by atoms with Gasteiger partial charge in [-0.3, -0.25) is 0 Å². The van der Waals surface area contributed by atoms with Crippen molar-refractivity contribution in [3.63, 3.8) is 0 Å². The van der Waals surface area contributed by atoms with Gasteiger partial charge in [-0.2, -0.15) is 0 Å². The average Bonchev–Trinajstić information content (AvgIpc) is 2.03. The lowest BCUT2D eigenvalue weighted by Crippen LogP contribution is -2.15. The fraction of sp³-hybridized carbons (Fsp3) is 0.333. The zero-order valence-corrected chi connectivity index (χ0v) is 9.22. The van der Waals surface area contributed by atoms with Gasteiger partial charge in [0, 0.05) is 15.2 Å². The van der Waals surface area contributed by atoms with Crippen molar-refractivity contribution >= 4 is 22.6 Å². The van der Waals surface area contributed by atoms with Crippen molar-refractivity contribution in [1.82, 2.24) is 5.32 Å². The van der Waals surface area contributed by atoms with Crippen LogP contribution in [0.1, 0.15) is 18.5 Å². The second-order valence-corrected chi connectivity index (χ2v) is 3.81. The fourth-order valence-corrected chi connectivity index (χ4v) is 2.00. The van der Waals surface area contributed by atoms with Crippen molar-refractivity contribution in [2.24, 2.45) is 0 Å². The number of hydrogen-bond acceptors (Lipinski definition) is 1. The third-order valence-corrected chi connectivity index (χ3v) is 2.81. The van der Waals surface area contributed by atoms with Crippen LogP contribution in [0, 0.1) is 9.39 Å². The van der Waals surface area contributed by atoms with E-state index >= 15 is 0 Å². The Kier molecular flexibility index (Phi) is 3.46. The van der Waals surface area contributed by atoms with Crippen LogP contribution in [0.25, 0.3) is 0 Å². The van der Waals surface area contributed by atoms with Gasteiger partial charge in [-0.05, 0) is 48.7 Å². The summed E-state index contributed by atoms with van der Waals surface area (Å²) in [7, 11) is 1.83. The summed E-state index contributed by atoms with van der Waals surface area (Å²) >= 11 is 2.14. The monoisotopic (exact) mass is 279 g/mol. The molecule has 0 saturated carbocycles. The minimum absolute atomic E-state index is 0.0677. The van der Waals surface area contributed by atoms with Crippen molar-refractivity contribution in [2.75, 3.05) is 7.05 Å². The lowest BCUT2D eigenvalue weighted by molar-refractivity contribution is 0.559. The fourth-order valence-electron chi connectivity index (χ4n) is 1.07. The molecule has 0 fully saturated rings. The molecule has 0 saturated heterocycles. The van der Waals surface area contributed by atoms with Gasteiger partial charge < -0.3 is 5.32 Å². The molecule has 0 spiro atoms. The maximum atomic E-state index is 13.2. The molecular weight excluding hydrogens is 268 g/mol. The molecule has 0 aliphatic heterocycles. The van der Waals surface area contributed by atoms with Crippen LogP contribution in [0.5, 0.6) is 0 Å². The van der Waals surface area contributed by atoms with E-state index in [1.54, 1.807) is 6.07 Å². The van der Waals surface area contributed by atoms with E-state index in [0.29, 0.717) is 0 Å². The molecule has 0 heterocycles. The lowest BCUT2D eigenvalue weighted by atomic mass is 10.1. The first-order chi connectivity index (χ1) is 5.66. The highest BCUT2D eigenvalue weighted by Crippen LogP contribution is 2.22. The first-order valence-corrected chi connectivity index (χ1v) is 4.86. The van der Waals surface area contributed by atoms with E-state index in [2.05, 4.69) is 27.9 Å². The summed E-state index contributed by atoms with van der Waals surface area (Å²) in [5.41, 5.74) is 0.751. The van der Waals surface area contributed by atoms with Gasteiger partial charge in [0.05, 0.1) is 0 Å². The molecule has 0 radical (unpaired) electrons. The summed E-state index contributed by atoms with van der Waals surface area (Å²) in [6.45, 7) is 1.95. The predicted octanol–water partition coefficient (Wildman–Crippen LogP) is 2.71. The first-order valence-electron chi connectivity index (χ1n) is 3.78. The Balaban J connectivity index is 3.12. The number of hydrogen-bond donors (Lipinski definition) is 1. The van der Waals surface area contributed by atoms with Crippen LogP contribution in [0.3, 0.4) is 0 Å². The van der Waals surface area contributed by atoms with Gasteiger partial charge in [0.1, 0.15) is 5.82 Å². The number of nitrogens with one attached hydrogen (secondary N) is 1. The lowest BCUT2D eigenvalue weighted by Gasteiger charge is -2.13. The Morgan fingerprint density at radius 1 is 1.50 bits per heavy atom. The van der Waals surface area contributed by atoms with E-state index in [-0.39, 0.29) is 11.9 Å². The summed E-state index contributed by atoms with van der Waals surface area (Å²) in [6.07, 6.45) is 0. The second kappa shape index (κ2) is 4.18. The Labute approximate surface area is 85.5 Å². The molecule has 1 atom stereocenters. The highest BCUT2D eigenvalue weighted by atomic mass is 127. The zero-order valence-electron chi connectivity index (χ0n) is 7.07. The van der Waals surface area contributed by atoms with Crippen molar-refractivity contribution in [3.8, 4) is 0 Å². The highest BCUT2D eigenvalue weighted by molar-refractivity contribution is 14.1. The van der Waals surface area contributed by atoms with Gasteiger partial charge in [0.2, 0.25) is 0 Å². The normalized spacial score (nSPS) is 13.0. The Bertz CT molecular complexity index is 255. The number of rotatable bonds is 2. The van der Waals surface area contributed by atoms with Crippen LogP contribution in [0.2, 0.25) is 0 Å². The molecule has 1 aromatic rings. The smallest absolute Gasteiger partial charge is 0.129 e. The van der Waals surface area contributed by atoms with E-state index in [0.717, 1.165) is 9.13 Å². The van der Waals surface area contributed by atoms with Crippen LogP contribution >= 0.6 is 22.6 Å². The van der Waals surface area contributed by atoms with Gasteiger partial charge in [0.15, 0.2) is 0 Å². The SMILES string of the molecule is CN[C@@H](C)c1c(F)cccc1I. The van der Waals surface area contributed by atoms with E-state index in [1.165, 1.54) is 6.07 Å². The van der Waals surface area contributed by atoms with Crippen LogP contribution in [-0.2, 0) is 0 Å². The molecule has 3 heteroatoms. The van der Waals surface area contributed by atoms with Gasteiger partial charge in [-0.1, -0.05) is 6.07 Å². The summed E-state index contributed by atoms with van der Waals surface area (Å²) in [5.74, 6) is -0.135. The van der Waals surface area contributed by atoms with Crippen molar-refractivity contribution in [1.29, 1.82) is 0 Å². The van der Waals surface area contributed by atoms with Gasteiger partial charge in [-0.15, -0.1) is 0 Å². The first kappa shape index (κ1) is 9.92. The van der Waals surface area contributed by atoms with Crippen LogP contribution in [0.4, 0.5) is 4.39 Å². The molecule has 1 nitrogen and oxygen atoms in total. The third-order valence-electron chi connectivity index (χ3n) is 1.87. The van der Waals surface area contributed by atoms with Crippen molar-refractivity contribution < 1.29 is 4.39 Å². The predicted molar refractivity (Wildman–Crippen MR) is 56.6 cm³/mol. The molecule has 12 heavy (non-hydrogen) atoms. The van der Waals surface area contributed by atoms with Crippen molar-refractivity contribution in [3.05, 3.63) is 33.1 Å². The summed E-state index contributed by atoms with van der Waals surface area (Å²) in [5, 5.41) is 3.02. The molecule has 0 amide bonds. The standard InChI is InChI=1S/C9H11FIN/c1-6(12-2)9-7(10)4-3-5-8(9)11/h3-6,12H,1-2H3/t6-/m0/s1. The maximum Gasteiger partial charge on any atom is 0.129 e. The van der Waals surface area contributed by atoms with E-state index in [9.17, 15) is 4.39 Å². The topological polar surface area (TPSA) is 12.0 Å². The molecule has 1 aromatic carbocycles. The van der Waals surface area contributed by atoms with E-state index in [4.69, 9.17) is 0 Å². The van der Waals surface area contributed by atoms with Gasteiger partial charge in [-0.25, -0.2) is 4.39 Å². The molecule has 1 N–H and O–H groups in total. The number of halogens is 2. The Morgan fingerprint density at radius 3 is 2.67 bits per heavy atom. The quantitative estimate of drug-likeness (QED) is 0.821. The molecule has 0 bridgehead atoms. The minimum atomic E-state index is -0.135. The third kappa shape index (κ3) is 1.95. The molecule has 1 rings (SSSR count). The van der Waals surface area contributed by atoms with E-state index in [1.807, 2.05) is 20.0 Å². The molecule has 0 aliphatic rings. The largest absolute Gasteiger partial charge is 0.313 e. The minimum Gasteiger partial charge on any atom is -0.313 e. The van der Waals surface area contributed by atoms with Crippen LogP contribution in [0.15, 0.2) is 18.2 Å². The number of benzene rings is 1. The average molecular weight is 279 g/mol. The van der Waals surface area contributed by atoms with Gasteiger partial charge >= 0.3 is 0 Å². The van der Waals surface area contributed by atoms with Crippen LogP contribution in [-0.4, -0.2) is 7.05 Å². The molecule has 0 aliphatic carbocycles. The molecule has 0 aromatic heterocycles. The summed E-state index contributed by atoms with van der Waals surface area (Å²) in [4.78, 5) is 0. The molecule has 66 valence electrons. The maximum absolute atomic E-state index is 13.2. The van der Waals surface area contributed by atoms with Gasteiger partial charge in [0.25, 0.3) is 0 Å². The second-order valence-electron chi connectivity index (χ2n) is 2.65. The molecule has 0 unspecified atom stereocenters. The van der Waals surface area contributed by atoms with E-state index < -0.39 is 0 Å².